The van der Waals surface area contributed by atoms with Crippen LogP contribution in [0.15, 0.2) is 29.3 Å². The van der Waals surface area contributed by atoms with Crippen LogP contribution in [0, 0.1) is 5.92 Å². The molecule has 2 unspecified atom stereocenters. The van der Waals surface area contributed by atoms with Crippen molar-refractivity contribution in [1.82, 2.24) is 10.2 Å². The van der Waals surface area contributed by atoms with Crippen LogP contribution in [0.25, 0.3) is 0 Å². The highest BCUT2D eigenvalue weighted by Crippen LogP contribution is 2.29. The molecule has 0 aliphatic heterocycles. The molecule has 1 N–H and O–H groups in total. The van der Waals surface area contributed by atoms with Gasteiger partial charge in [-0.25, -0.2) is 0 Å². The molecule has 2 rings (SSSR count). The van der Waals surface area contributed by atoms with Crippen molar-refractivity contribution < 1.29 is 0 Å². The van der Waals surface area contributed by atoms with Gasteiger partial charge in [-0.3, -0.25) is 4.99 Å². The Morgan fingerprint density at radius 3 is 2.84 bits per heavy atom. The molecule has 1 aliphatic carbocycles. The zero-order valence-corrected chi connectivity index (χ0v) is 12.6. The van der Waals surface area contributed by atoms with E-state index in [4.69, 9.17) is 11.6 Å². The number of hydrogen-bond acceptors (Lipinski definition) is 1. The molecule has 1 aliphatic rings. The van der Waals surface area contributed by atoms with Crippen LogP contribution in [0.5, 0.6) is 0 Å². The third kappa shape index (κ3) is 4.13. The summed E-state index contributed by atoms with van der Waals surface area (Å²) in [5.41, 5.74) is 1.20. The van der Waals surface area contributed by atoms with E-state index in [-0.39, 0.29) is 0 Å². The van der Waals surface area contributed by atoms with E-state index in [1.54, 1.807) is 0 Å². The fraction of sp³-hybridized carbons (Fsp3) is 0.533. The van der Waals surface area contributed by atoms with Gasteiger partial charge in [-0.15, -0.1) is 0 Å². The molecule has 1 saturated carbocycles. The van der Waals surface area contributed by atoms with Crippen LogP contribution in [0.4, 0.5) is 0 Å². The van der Waals surface area contributed by atoms with E-state index in [9.17, 15) is 0 Å². The molecule has 0 aromatic heterocycles. The SMILES string of the molecule is CCN=C(NC1CC1C)N(C)Cc1cccc(Cl)c1. The number of aliphatic imine (C=N–C) groups is 1. The Bertz CT molecular complexity index is 458. The Balaban J connectivity index is 1.99. The molecule has 0 amide bonds. The van der Waals surface area contributed by atoms with Gasteiger partial charge in [-0.05, 0) is 37.0 Å². The molecular weight excluding hydrogens is 258 g/mol. The highest BCUT2D eigenvalue weighted by atomic mass is 35.5. The topological polar surface area (TPSA) is 27.6 Å². The Morgan fingerprint density at radius 1 is 1.53 bits per heavy atom. The first-order valence-corrected chi connectivity index (χ1v) is 7.24. The van der Waals surface area contributed by atoms with Gasteiger partial charge in [0.25, 0.3) is 0 Å². The van der Waals surface area contributed by atoms with Crippen molar-refractivity contribution in [3.63, 3.8) is 0 Å². The molecule has 0 heterocycles. The molecule has 1 aromatic rings. The van der Waals surface area contributed by atoms with Crippen LogP contribution in [-0.4, -0.2) is 30.5 Å². The summed E-state index contributed by atoms with van der Waals surface area (Å²) in [7, 11) is 2.06. The van der Waals surface area contributed by atoms with Gasteiger partial charge in [0.05, 0.1) is 0 Å². The number of halogens is 1. The quantitative estimate of drug-likeness (QED) is 0.677. The summed E-state index contributed by atoms with van der Waals surface area (Å²) in [5.74, 6) is 1.75. The highest BCUT2D eigenvalue weighted by Gasteiger charge is 2.33. The summed E-state index contributed by atoms with van der Waals surface area (Å²) in [5, 5.41) is 4.30. The fourth-order valence-electron chi connectivity index (χ4n) is 2.10. The second kappa shape index (κ2) is 6.29. The average molecular weight is 280 g/mol. The molecule has 3 nitrogen and oxygen atoms in total. The summed E-state index contributed by atoms with van der Waals surface area (Å²) < 4.78 is 0. The molecule has 0 spiro atoms. The number of nitrogens with zero attached hydrogens (tertiary/aromatic N) is 2. The Hall–Kier alpha value is -1.22. The predicted octanol–water partition coefficient (Wildman–Crippen LogP) is 3.15. The third-order valence-electron chi connectivity index (χ3n) is 3.40. The summed E-state index contributed by atoms with van der Waals surface area (Å²) in [6.45, 7) is 5.93. The number of guanidine groups is 1. The maximum atomic E-state index is 6.02. The summed E-state index contributed by atoms with van der Waals surface area (Å²) >= 11 is 6.02. The van der Waals surface area contributed by atoms with Gasteiger partial charge in [0, 0.05) is 31.2 Å². The minimum absolute atomic E-state index is 0.590. The molecule has 2 atom stereocenters. The predicted molar refractivity (Wildman–Crippen MR) is 81.6 cm³/mol. The van der Waals surface area contributed by atoms with E-state index in [0.29, 0.717) is 6.04 Å². The van der Waals surface area contributed by atoms with Crippen molar-refractivity contribution in [2.75, 3.05) is 13.6 Å². The lowest BCUT2D eigenvalue weighted by molar-refractivity contribution is 0.473. The van der Waals surface area contributed by atoms with Crippen LogP contribution < -0.4 is 5.32 Å². The van der Waals surface area contributed by atoms with E-state index in [1.807, 2.05) is 18.2 Å². The molecule has 1 fully saturated rings. The molecule has 4 heteroatoms. The van der Waals surface area contributed by atoms with Crippen molar-refractivity contribution in [3.05, 3.63) is 34.9 Å². The zero-order valence-electron chi connectivity index (χ0n) is 11.9. The lowest BCUT2D eigenvalue weighted by Crippen LogP contribution is -2.40. The standard InChI is InChI=1S/C15H22ClN3/c1-4-17-15(18-14-8-11(14)2)19(3)10-12-6-5-7-13(16)9-12/h5-7,9,11,14H,4,8,10H2,1-3H3,(H,17,18). The summed E-state index contributed by atoms with van der Waals surface area (Å²) in [6.07, 6.45) is 1.24. The summed E-state index contributed by atoms with van der Waals surface area (Å²) in [4.78, 5) is 6.71. The van der Waals surface area contributed by atoms with Crippen LogP contribution >= 0.6 is 11.6 Å². The largest absolute Gasteiger partial charge is 0.353 e. The smallest absolute Gasteiger partial charge is 0.194 e. The second-order valence-corrected chi connectivity index (χ2v) is 5.68. The fourth-order valence-corrected chi connectivity index (χ4v) is 2.31. The van der Waals surface area contributed by atoms with Gasteiger partial charge in [0.15, 0.2) is 5.96 Å². The van der Waals surface area contributed by atoms with Crippen LogP contribution in [-0.2, 0) is 6.54 Å². The van der Waals surface area contributed by atoms with Crippen LogP contribution in [0.1, 0.15) is 25.8 Å². The number of benzene rings is 1. The molecule has 0 saturated heterocycles. The molecule has 0 bridgehead atoms. The molecular formula is C15H22ClN3. The third-order valence-corrected chi connectivity index (χ3v) is 3.64. The lowest BCUT2D eigenvalue weighted by atomic mass is 10.2. The van der Waals surface area contributed by atoms with E-state index < -0.39 is 0 Å². The van der Waals surface area contributed by atoms with Crippen LogP contribution in [0.2, 0.25) is 5.02 Å². The molecule has 19 heavy (non-hydrogen) atoms. The zero-order chi connectivity index (χ0) is 13.8. The Labute approximate surface area is 120 Å². The lowest BCUT2D eigenvalue weighted by Gasteiger charge is -2.22. The van der Waals surface area contributed by atoms with Gasteiger partial charge in [-0.1, -0.05) is 30.7 Å². The molecule has 1 aromatic carbocycles. The molecule has 104 valence electrons. The highest BCUT2D eigenvalue weighted by molar-refractivity contribution is 6.30. The van der Waals surface area contributed by atoms with E-state index in [1.165, 1.54) is 12.0 Å². The second-order valence-electron chi connectivity index (χ2n) is 5.25. The Kier molecular flexibility index (Phi) is 4.70. The van der Waals surface area contributed by atoms with E-state index in [0.717, 1.165) is 30.0 Å². The van der Waals surface area contributed by atoms with Crippen molar-refractivity contribution in [2.45, 2.75) is 32.9 Å². The van der Waals surface area contributed by atoms with E-state index >= 15 is 0 Å². The number of nitrogens with one attached hydrogen (secondary N) is 1. The maximum Gasteiger partial charge on any atom is 0.194 e. The van der Waals surface area contributed by atoms with Crippen LogP contribution in [0.3, 0.4) is 0 Å². The average Bonchev–Trinajstić information content (AvgIpc) is 3.04. The minimum Gasteiger partial charge on any atom is -0.353 e. The molecule has 0 radical (unpaired) electrons. The van der Waals surface area contributed by atoms with Crippen molar-refractivity contribution in [2.24, 2.45) is 10.9 Å². The normalized spacial score (nSPS) is 22.2. The first-order valence-electron chi connectivity index (χ1n) is 6.86. The number of rotatable bonds is 4. The first kappa shape index (κ1) is 14.2. The van der Waals surface area contributed by atoms with Gasteiger partial charge in [0.2, 0.25) is 0 Å². The van der Waals surface area contributed by atoms with Crippen molar-refractivity contribution >= 4 is 17.6 Å². The monoisotopic (exact) mass is 279 g/mol. The van der Waals surface area contributed by atoms with Crippen molar-refractivity contribution in [1.29, 1.82) is 0 Å². The Morgan fingerprint density at radius 2 is 2.26 bits per heavy atom. The van der Waals surface area contributed by atoms with E-state index in [2.05, 4.69) is 42.2 Å². The maximum absolute atomic E-state index is 6.02. The number of hydrogen-bond donors (Lipinski definition) is 1. The minimum atomic E-state index is 0.590. The van der Waals surface area contributed by atoms with Gasteiger partial charge >= 0.3 is 0 Å². The van der Waals surface area contributed by atoms with Crippen molar-refractivity contribution in [3.8, 4) is 0 Å². The first-order chi connectivity index (χ1) is 9.10. The van der Waals surface area contributed by atoms with Gasteiger partial charge in [-0.2, -0.15) is 0 Å². The van der Waals surface area contributed by atoms with Gasteiger partial charge in [0.1, 0.15) is 0 Å². The summed E-state index contributed by atoms with van der Waals surface area (Å²) in [6, 6.07) is 8.56. The van der Waals surface area contributed by atoms with Gasteiger partial charge < -0.3 is 10.2 Å².